The first-order valence-corrected chi connectivity index (χ1v) is 4.82. The number of rotatable bonds is 2. The first-order valence-electron chi connectivity index (χ1n) is 4.82. The first-order chi connectivity index (χ1) is 5.10. The Balaban J connectivity index is 2.64. The van der Waals surface area contributed by atoms with Crippen molar-refractivity contribution in [3.05, 3.63) is 0 Å². The maximum absolute atomic E-state index is 10.1. The van der Waals surface area contributed by atoms with Crippen LogP contribution in [0, 0.1) is 11.8 Å². The van der Waals surface area contributed by atoms with Crippen LogP contribution in [-0.4, -0.2) is 10.7 Å². The van der Waals surface area contributed by atoms with Gasteiger partial charge in [-0.3, -0.25) is 0 Å². The van der Waals surface area contributed by atoms with E-state index < -0.39 is 0 Å². The summed E-state index contributed by atoms with van der Waals surface area (Å²) in [6.45, 7) is 6.54. The van der Waals surface area contributed by atoms with Crippen LogP contribution in [-0.2, 0) is 0 Å². The van der Waals surface area contributed by atoms with Crippen LogP contribution in [0.1, 0.15) is 46.5 Å². The highest BCUT2D eigenvalue weighted by atomic mass is 16.3. The Labute approximate surface area is 69.8 Å². The highest BCUT2D eigenvalue weighted by molar-refractivity contribution is 4.92. The van der Waals surface area contributed by atoms with E-state index >= 15 is 0 Å². The number of aliphatic hydroxyl groups is 1. The predicted octanol–water partition coefficient (Wildman–Crippen LogP) is 2.58. The van der Waals surface area contributed by atoms with Gasteiger partial charge in [-0.25, -0.2) is 0 Å². The van der Waals surface area contributed by atoms with Gasteiger partial charge >= 0.3 is 0 Å². The van der Waals surface area contributed by atoms with Crippen molar-refractivity contribution in [2.24, 2.45) is 11.8 Å². The molecule has 0 bridgehead atoms. The van der Waals surface area contributed by atoms with Crippen LogP contribution in [0.5, 0.6) is 0 Å². The Morgan fingerprint density at radius 1 is 1.55 bits per heavy atom. The maximum Gasteiger partial charge on any atom is 0.0675 e. The standard InChI is InChI=1S/C10H20O/c1-4-10(11)7-5-6-9(10)8(2)3/h8-9,11H,4-7H2,1-3H3. The van der Waals surface area contributed by atoms with E-state index in [1.807, 2.05) is 0 Å². The SMILES string of the molecule is CCC1(O)CCCC1C(C)C. The van der Waals surface area contributed by atoms with Crippen molar-refractivity contribution >= 4 is 0 Å². The molecule has 0 spiro atoms. The van der Waals surface area contributed by atoms with E-state index in [2.05, 4.69) is 20.8 Å². The van der Waals surface area contributed by atoms with Gasteiger partial charge in [0.05, 0.1) is 5.60 Å². The van der Waals surface area contributed by atoms with Gasteiger partial charge in [0.25, 0.3) is 0 Å². The molecule has 2 atom stereocenters. The predicted molar refractivity (Wildman–Crippen MR) is 47.4 cm³/mol. The molecule has 2 unspecified atom stereocenters. The quantitative estimate of drug-likeness (QED) is 0.651. The molecule has 0 aromatic rings. The average Bonchev–Trinajstić information content (AvgIpc) is 2.32. The van der Waals surface area contributed by atoms with E-state index in [0.29, 0.717) is 11.8 Å². The van der Waals surface area contributed by atoms with E-state index in [-0.39, 0.29) is 5.60 Å². The second-order valence-corrected chi connectivity index (χ2v) is 4.20. The average molecular weight is 156 g/mol. The monoisotopic (exact) mass is 156 g/mol. The molecule has 1 aliphatic rings. The van der Waals surface area contributed by atoms with Crippen LogP contribution < -0.4 is 0 Å². The number of hydrogen-bond donors (Lipinski definition) is 1. The maximum atomic E-state index is 10.1. The summed E-state index contributed by atoms with van der Waals surface area (Å²) < 4.78 is 0. The molecule has 11 heavy (non-hydrogen) atoms. The fourth-order valence-electron chi connectivity index (χ4n) is 2.47. The molecule has 1 heteroatoms. The summed E-state index contributed by atoms with van der Waals surface area (Å²) in [6, 6.07) is 0. The van der Waals surface area contributed by atoms with Gasteiger partial charge in [0, 0.05) is 0 Å². The van der Waals surface area contributed by atoms with Gasteiger partial charge in [-0.2, -0.15) is 0 Å². The van der Waals surface area contributed by atoms with Gasteiger partial charge in [-0.15, -0.1) is 0 Å². The molecule has 1 fully saturated rings. The molecule has 0 aliphatic heterocycles. The topological polar surface area (TPSA) is 20.2 Å². The second kappa shape index (κ2) is 3.14. The minimum absolute atomic E-state index is 0.325. The van der Waals surface area contributed by atoms with Gasteiger partial charge in [-0.05, 0) is 31.1 Å². The molecule has 1 nitrogen and oxygen atoms in total. The summed E-state index contributed by atoms with van der Waals surface area (Å²) in [5, 5.41) is 10.1. The van der Waals surface area contributed by atoms with Crippen molar-refractivity contribution in [1.82, 2.24) is 0 Å². The number of hydrogen-bond acceptors (Lipinski definition) is 1. The lowest BCUT2D eigenvalue weighted by Gasteiger charge is -2.31. The van der Waals surface area contributed by atoms with Crippen LogP contribution >= 0.6 is 0 Å². The molecule has 0 saturated heterocycles. The Bertz CT molecular complexity index is 131. The Hall–Kier alpha value is -0.0400. The van der Waals surface area contributed by atoms with Crippen LogP contribution in [0.2, 0.25) is 0 Å². The molecule has 66 valence electrons. The van der Waals surface area contributed by atoms with E-state index in [9.17, 15) is 5.11 Å². The van der Waals surface area contributed by atoms with Gasteiger partial charge < -0.3 is 5.11 Å². The highest BCUT2D eigenvalue weighted by Gasteiger charge is 2.40. The molecule has 1 N–H and O–H groups in total. The third kappa shape index (κ3) is 1.58. The zero-order valence-corrected chi connectivity index (χ0v) is 7.93. The van der Waals surface area contributed by atoms with Gasteiger partial charge in [-0.1, -0.05) is 27.2 Å². The molecule has 1 aliphatic carbocycles. The first kappa shape index (κ1) is 9.05. The molecular weight excluding hydrogens is 136 g/mol. The van der Waals surface area contributed by atoms with Crippen molar-refractivity contribution < 1.29 is 5.11 Å². The lowest BCUT2D eigenvalue weighted by molar-refractivity contribution is -0.0181. The smallest absolute Gasteiger partial charge is 0.0675 e. The van der Waals surface area contributed by atoms with Gasteiger partial charge in [0.15, 0.2) is 0 Å². The van der Waals surface area contributed by atoms with Crippen molar-refractivity contribution in [2.75, 3.05) is 0 Å². The van der Waals surface area contributed by atoms with Crippen LogP contribution in [0.3, 0.4) is 0 Å². The van der Waals surface area contributed by atoms with E-state index in [1.165, 1.54) is 12.8 Å². The van der Waals surface area contributed by atoms with Gasteiger partial charge in [0.1, 0.15) is 0 Å². The van der Waals surface area contributed by atoms with Crippen molar-refractivity contribution in [2.45, 2.75) is 52.1 Å². The lowest BCUT2D eigenvalue weighted by atomic mass is 9.81. The molecule has 0 aromatic heterocycles. The molecule has 0 aromatic carbocycles. The molecule has 0 amide bonds. The fraction of sp³-hybridized carbons (Fsp3) is 1.00. The van der Waals surface area contributed by atoms with E-state index in [1.54, 1.807) is 0 Å². The molecule has 1 saturated carbocycles. The van der Waals surface area contributed by atoms with Crippen LogP contribution in [0.25, 0.3) is 0 Å². The summed E-state index contributed by atoms with van der Waals surface area (Å²) in [6.07, 6.45) is 4.39. The zero-order chi connectivity index (χ0) is 8.48. The Morgan fingerprint density at radius 2 is 2.18 bits per heavy atom. The van der Waals surface area contributed by atoms with E-state index in [4.69, 9.17) is 0 Å². The van der Waals surface area contributed by atoms with Crippen molar-refractivity contribution in [3.8, 4) is 0 Å². The molecular formula is C10H20O. The lowest BCUT2D eigenvalue weighted by Crippen LogP contribution is -2.35. The molecule has 1 rings (SSSR count). The Kier molecular flexibility index (Phi) is 2.58. The van der Waals surface area contributed by atoms with Gasteiger partial charge in [0.2, 0.25) is 0 Å². The van der Waals surface area contributed by atoms with Crippen molar-refractivity contribution in [3.63, 3.8) is 0 Å². The Morgan fingerprint density at radius 3 is 2.55 bits per heavy atom. The fourth-order valence-corrected chi connectivity index (χ4v) is 2.47. The molecule has 0 heterocycles. The van der Waals surface area contributed by atoms with Crippen LogP contribution in [0.15, 0.2) is 0 Å². The summed E-state index contributed by atoms with van der Waals surface area (Å²) >= 11 is 0. The second-order valence-electron chi connectivity index (χ2n) is 4.20. The molecule has 0 radical (unpaired) electrons. The minimum atomic E-state index is -0.325. The third-order valence-electron chi connectivity index (χ3n) is 3.23. The van der Waals surface area contributed by atoms with E-state index in [0.717, 1.165) is 12.8 Å². The van der Waals surface area contributed by atoms with Crippen molar-refractivity contribution in [1.29, 1.82) is 0 Å². The summed E-state index contributed by atoms with van der Waals surface area (Å²) in [7, 11) is 0. The largest absolute Gasteiger partial charge is 0.390 e. The zero-order valence-electron chi connectivity index (χ0n) is 7.93. The normalized spacial score (nSPS) is 38.5. The highest BCUT2D eigenvalue weighted by Crippen LogP contribution is 2.41. The summed E-state index contributed by atoms with van der Waals surface area (Å²) in [4.78, 5) is 0. The summed E-state index contributed by atoms with van der Waals surface area (Å²) in [5.41, 5.74) is -0.325. The minimum Gasteiger partial charge on any atom is -0.390 e. The third-order valence-corrected chi connectivity index (χ3v) is 3.23. The van der Waals surface area contributed by atoms with Crippen LogP contribution in [0.4, 0.5) is 0 Å². The summed E-state index contributed by atoms with van der Waals surface area (Å²) in [5.74, 6) is 1.19.